The maximum Gasteiger partial charge on any atom is 0.318 e. The maximum absolute atomic E-state index is 14.0. The molecule has 5 heteroatoms. The van der Waals surface area contributed by atoms with Gasteiger partial charge >= 0.3 is 5.97 Å². The Morgan fingerprint density at radius 1 is 1.32 bits per heavy atom. The number of hydrogen-bond donors (Lipinski definition) is 1. The number of benzene rings is 2. The van der Waals surface area contributed by atoms with Crippen molar-refractivity contribution >= 4 is 33.1 Å². The lowest BCUT2D eigenvalue weighted by atomic mass is 9.78. The van der Waals surface area contributed by atoms with Crippen molar-refractivity contribution in [1.29, 1.82) is 0 Å². The third kappa shape index (κ3) is 2.46. The quantitative estimate of drug-likeness (QED) is 0.725. The first-order valence-corrected chi connectivity index (χ1v) is 8.93. The smallest absolute Gasteiger partial charge is 0.318 e. The minimum absolute atomic E-state index is 0.371. The zero-order valence-corrected chi connectivity index (χ0v) is 14.4. The van der Waals surface area contributed by atoms with E-state index in [0.717, 1.165) is 21.4 Å². The van der Waals surface area contributed by atoms with Gasteiger partial charge in [0.1, 0.15) is 11.2 Å². The second kappa shape index (κ2) is 5.77. The number of carbonyl (C=O) groups is 1. The minimum Gasteiger partial charge on any atom is -0.480 e. The summed E-state index contributed by atoms with van der Waals surface area (Å²) >= 11 is 1.58. The molecule has 0 radical (unpaired) electrons. The number of halogens is 1. The standard InChI is InChI=1S/C20H16FNO2S/c1-12-15(3-2-4-16(12)21)20(19(23)24)8-7-14(10-20)13-5-6-18-17(9-13)22-11-25-18/h2-6,9-11H,7-8H2,1H3,(H,23,24)/t20-/m0/s1. The predicted molar refractivity (Wildman–Crippen MR) is 97.3 cm³/mol. The molecule has 0 aliphatic heterocycles. The lowest BCUT2D eigenvalue weighted by Gasteiger charge is -2.24. The van der Waals surface area contributed by atoms with Crippen molar-refractivity contribution in [2.75, 3.05) is 0 Å². The van der Waals surface area contributed by atoms with Crippen LogP contribution in [-0.2, 0) is 10.2 Å². The van der Waals surface area contributed by atoms with Crippen molar-refractivity contribution < 1.29 is 14.3 Å². The molecule has 2 aromatic carbocycles. The van der Waals surface area contributed by atoms with E-state index in [1.54, 1.807) is 42.0 Å². The average molecular weight is 353 g/mol. The van der Waals surface area contributed by atoms with Gasteiger partial charge in [-0.3, -0.25) is 4.79 Å². The molecule has 1 aromatic heterocycles. The van der Waals surface area contributed by atoms with Crippen LogP contribution in [-0.4, -0.2) is 16.1 Å². The van der Waals surface area contributed by atoms with Crippen LogP contribution in [0.1, 0.15) is 29.5 Å². The van der Waals surface area contributed by atoms with Gasteiger partial charge in [-0.05, 0) is 60.2 Å². The first-order valence-electron chi connectivity index (χ1n) is 8.05. The Bertz CT molecular complexity index is 1020. The van der Waals surface area contributed by atoms with E-state index in [1.807, 2.05) is 18.2 Å². The molecule has 1 atom stereocenters. The normalized spacial score (nSPS) is 20.0. The van der Waals surface area contributed by atoms with Crippen LogP contribution >= 0.6 is 11.3 Å². The molecule has 1 heterocycles. The van der Waals surface area contributed by atoms with Crippen LogP contribution in [0.3, 0.4) is 0 Å². The Morgan fingerprint density at radius 2 is 2.16 bits per heavy atom. The largest absolute Gasteiger partial charge is 0.480 e. The topological polar surface area (TPSA) is 50.2 Å². The van der Waals surface area contributed by atoms with E-state index >= 15 is 0 Å². The molecule has 1 aliphatic carbocycles. The summed E-state index contributed by atoms with van der Waals surface area (Å²) < 4.78 is 15.1. The highest BCUT2D eigenvalue weighted by atomic mass is 32.1. The molecule has 4 rings (SSSR count). The summed E-state index contributed by atoms with van der Waals surface area (Å²) in [5, 5.41) is 9.96. The summed E-state index contributed by atoms with van der Waals surface area (Å²) in [6.07, 6.45) is 2.86. The van der Waals surface area contributed by atoms with Crippen molar-refractivity contribution in [3.05, 3.63) is 70.5 Å². The fourth-order valence-corrected chi connectivity index (χ4v) is 4.30. The second-order valence-electron chi connectivity index (χ2n) is 6.39. The summed E-state index contributed by atoms with van der Waals surface area (Å²) in [5.41, 5.74) is 4.42. The van der Waals surface area contributed by atoms with Gasteiger partial charge in [-0.1, -0.05) is 24.3 Å². The van der Waals surface area contributed by atoms with E-state index in [2.05, 4.69) is 4.98 Å². The van der Waals surface area contributed by atoms with Gasteiger partial charge in [-0.2, -0.15) is 0 Å². The summed E-state index contributed by atoms with van der Waals surface area (Å²) in [4.78, 5) is 16.5. The molecule has 0 saturated heterocycles. The molecule has 0 spiro atoms. The summed E-state index contributed by atoms with van der Waals surface area (Å²) in [6.45, 7) is 1.64. The number of thiazole rings is 1. The lowest BCUT2D eigenvalue weighted by molar-refractivity contribution is -0.141. The first kappa shape index (κ1) is 16.0. The minimum atomic E-state index is -1.18. The highest BCUT2D eigenvalue weighted by Gasteiger charge is 2.43. The SMILES string of the molecule is Cc1c(F)cccc1[C@@]1(C(=O)O)C=C(c2ccc3scnc3c2)CC1. The molecule has 3 nitrogen and oxygen atoms in total. The predicted octanol–water partition coefficient (Wildman–Crippen LogP) is 4.94. The summed E-state index contributed by atoms with van der Waals surface area (Å²) in [5.74, 6) is -1.31. The van der Waals surface area contributed by atoms with Gasteiger partial charge in [0.2, 0.25) is 0 Å². The molecule has 3 aromatic rings. The van der Waals surface area contributed by atoms with Crippen molar-refractivity contribution in [3.8, 4) is 0 Å². The summed E-state index contributed by atoms with van der Waals surface area (Å²) in [7, 11) is 0. The Balaban J connectivity index is 1.85. The van der Waals surface area contributed by atoms with E-state index in [-0.39, 0.29) is 5.82 Å². The maximum atomic E-state index is 14.0. The molecule has 1 aliphatic rings. The number of nitrogens with zero attached hydrogens (tertiary/aromatic N) is 1. The molecular weight excluding hydrogens is 337 g/mol. The van der Waals surface area contributed by atoms with Gasteiger partial charge in [-0.15, -0.1) is 11.3 Å². The first-order chi connectivity index (χ1) is 12.0. The third-order valence-electron chi connectivity index (χ3n) is 5.04. The van der Waals surface area contributed by atoms with Crippen LogP contribution in [0.4, 0.5) is 4.39 Å². The van der Waals surface area contributed by atoms with Gasteiger partial charge in [0.15, 0.2) is 0 Å². The van der Waals surface area contributed by atoms with E-state index < -0.39 is 11.4 Å². The van der Waals surface area contributed by atoms with Crippen LogP contribution in [0.5, 0.6) is 0 Å². The van der Waals surface area contributed by atoms with E-state index in [1.165, 1.54) is 6.07 Å². The molecule has 0 unspecified atom stereocenters. The lowest BCUT2D eigenvalue weighted by Crippen LogP contribution is -2.32. The monoisotopic (exact) mass is 353 g/mol. The van der Waals surface area contributed by atoms with Gasteiger partial charge < -0.3 is 5.11 Å². The number of aliphatic carboxylic acids is 1. The molecule has 126 valence electrons. The number of fused-ring (bicyclic) bond motifs is 1. The number of carboxylic acid groups (broad SMARTS) is 1. The highest BCUT2D eigenvalue weighted by Crippen LogP contribution is 2.44. The number of rotatable bonds is 3. The van der Waals surface area contributed by atoms with Crippen LogP contribution in [0.25, 0.3) is 15.8 Å². The Morgan fingerprint density at radius 3 is 2.96 bits per heavy atom. The highest BCUT2D eigenvalue weighted by molar-refractivity contribution is 7.16. The van der Waals surface area contributed by atoms with E-state index in [9.17, 15) is 14.3 Å². The molecular formula is C20H16FNO2S. The zero-order chi connectivity index (χ0) is 17.6. The van der Waals surface area contributed by atoms with Crippen molar-refractivity contribution in [3.63, 3.8) is 0 Å². The fraction of sp³-hybridized carbons (Fsp3) is 0.200. The van der Waals surface area contributed by atoms with Crippen molar-refractivity contribution in [1.82, 2.24) is 4.98 Å². The van der Waals surface area contributed by atoms with Crippen LogP contribution in [0.15, 0.2) is 48.0 Å². The summed E-state index contributed by atoms with van der Waals surface area (Å²) in [6, 6.07) is 10.7. The molecule has 0 saturated carbocycles. The Kier molecular flexibility index (Phi) is 3.69. The van der Waals surface area contributed by atoms with Gasteiger partial charge in [-0.25, -0.2) is 9.37 Å². The van der Waals surface area contributed by atoms with Crippen LogP contribution < -0.4 is 0 Å². The number of aromatic nitrogens is 1. The number of allylic oxidation sites excluding steroid dienone is 1. The van der Waals surface area contributed by atoms with Crippen molar-refractivity contribution in [2.24, 2.45) is 0 Å². The van der Waals surface area contributed by atoms with Crippen molar-refractivity contribution in [2.45, 2.75) is 25.2 Å². The zero-order valence-electron chi connectivity index (χ0n) is 13.6. The molecule has 25 heavy (non-hydrogen) atoms. The molecule has 0 amide bonds. The van der Waals surface area contributed by atoms with Crippen LogP contribution in [0, 0.1) is 12.7 Å². The van der Waals surface area contributed by atoms with Gasteiger partial charge in [0, 0.05) is 0 Å². The molecule has 0 bridgehead atoms. The Hall–Kier alpha value is -2.53. The third-order valence-corrected chi connectivity index (χ3v) is 5.85. The Labute approximate surface area is 148 Å². The van der Waals surface area contributed by atoms with E-state index in [0.29, 0.717) is 24.0 Å². The van der Waals surface area contributed by atoms with Gasteiger partial charge in [0.05, 0.1) is 15.7 Å². The average Bonchev–Trinajstić information content (AvgIpc) is 3.24. The molecule has 0 fully saturated rings. The van der Waals surface area contributed by atoms with Gasteiger partial charge in [0.25, 0.3) is 0 Å². The second-order valence-corrected chi connectivity index (χ2v) is 7.28. The number of carboxylic acids is 1. The van der Waals surface area contributed by atoms with Crippen LogP contribution in [0.2, 0.25) is 0 Å². The fourth-order valence-electron chi connectivity index (χ4n) is 3.65. The number of hydrogen-bond acceptors (Lipinski definition) is 3. The van der Waals surface area contributed by atoms with E-state index in [4.69, 9.17) is 0 Å². The molecule has 1 N–H and O–H groups in total.